The van der Waals surface area contributed by atoms with Crippen LogP contribution in [0.25, 0.3) is 0 Å². The minimum Gasteiger partial charge on any atom is -0.339 e. The number of amides is 1. The molecule has 0 fully saturated rings. The molecule has 1 rings (SSSR count). The summed E-state index contributed by atoms with van der Waals surface area (Å²) in [6, 6.07) is 1.97. The van der Waals surface area contributed by atoms with Crippen molar-refractivity contribution in [3.8, 4) is 6.07 Å². The van der Waals surface area contributed by atoms with Crippen LogP contribution in [0.1, 0.15) is 16.9 Å². The Morgan fingerprint density at radius 1 is 1.69 bits per heavy atom. The van der Waals surface area contributed by atoms with Crippen LogP contribution in [0.5, 0.6) is 0 Å². The Balaban J connectivity index is 2.76. The third kappa shape index (κ3) is 2.90. The number of rotatable bonds is 4. The van der Waals surface area contributed by atoms with Crippen molar-refractivity contribution in [1.29, 1.82) is 5.26 Å². The summed E-state index contributed by atoms with van der Waals surface area (Å²) in [7, 11) is 1.60. The van der Waals surface area contributed by atoms with E-state index < -0.39 is 0 Å². The molecule has 1 aromatic rings. The number of nitriles is 1. The quantitative estimate of drug-likeness (QED) is 0.535. The topological polar surface area (TPSA) is 108 Å². The Hall–Kier alpha value is -2.20. The molecule has 1 heterocycles. The molecular formula is C9H12N6O. The van der Waals surface area contributed by atoms with E-state index in [2.05, 4.69) is 15.4 Å². The van der Waals surface area contributed by atoms with Crippen molar-refractivity contribution in [2.24, 2.45) is 5.84 Å². The van der Waals surface area contributed by atoms with E-state index >= 15 is 0 Å². The summed E-state index contributed by atoms with van der Waals surface area (Å²) in [5, 5.41) is 8.41. The van der Waals surface area contributed by atoms with E-state index in [4.69, 9.17) is 11.1 Å². The second-order valence-electron chi connectivity index (χ2n) is 3.07. The summed E-state index contributed by atoms with van der Waals surface area (Å²) in [4.78, 5) is 20.9. The SMILES string of the molecule is CN(CCC#N)C(=O)c1cncc(NN)n1. The Kier molecular flexibility index (Phi) is 4.17. The average Bonchev–Trinajstić information content (AvgIpc) is 2.35. The molecule has 0 spiro atoms. The van der Waals surface area contributed by atoms with Crippen molar-refractivity contribution in [3.05, 3.63) is 18.1 Å². The largest absolute Gasteiger partial charge is 0.339 e. The molecule has 7 heteroatoms. The van der Waals surface area contributed by atoms with Crippen LogP contribution in [0, 0.1) is 11.3 Å². The van der Waals surface area contributed by atoms with Crippen LogP contribution in [0.3, 0.4) is 0 Å². The third-order valence-corrected chi connectivity index (χ3v) is 1.91. The first-order valence-electron chi connectivity index (χ1n) is 4.60. The number of hydrogen-bond donors (Lipinski definition) is 2. The lowest BCUT2D eigenvalue weighted by atomic mass is 10.3. The Labute approximate surface area is 92.9 Å². The van der Waals surface area contributed by atoms with Gasteiger partial charge in [-0.2, -0.15) is 5.26 Å². The van der Waals surface area contributed by atoms with Gasteiger partial charge < -0.3 is 10.3 Å². The zero-order valence-corrected chi connectivity index (χ0v) is 8.84. The highest BCUT2D eigenvalue weighted by molar-refractivity contribution is 5.92. The first-order chi connectivity index (χ1) is 7.69. The van der Waals surface area contributed by atoms with Gasteiger partial charge in [0.25, 0.3) is 5.91 Å². The van der Waals surface area contributed by atoms with E-state index in [9.17, 15) is 4.79 Å². The predicted molar refractivity (Wildman–Crippen MR) is 57.0 cm³/mol. The molecule has 0 aliphatic carbocycles. The van der Waals surface area contributed by atoms with Gasteiger partial charge in [-0.15, -0.1) is 0 Å². The van der Waals surface area contributed by atoms with Crippen molar-refractivity contribution in [3.63, 3.8) is 0 Å². The molecule has 0 aliphatic rings. The number of carbonyl (C=O) groups excluding carboxylic acids is 1. The zero-order chi connectivity index (χ0) is 12.0. The summed E-state index contributed by atoms with van der Waals surface area (Å²) in [6.45, 7) is 0.358. The lowest BCUT2D eigenvalue weighted by Crippen LogP contribution is -2.28. The van der Waals surface area contributed by atoms with Gasteiger partial charge in [0.2, 0.25) is 0 Å². The molecule has 1 aromatic heterocycles. The molecule has 16 heavy (non-hydrogen) atoms. The van der Waals surface area contributed by atoms with Crippen LogP contribution < -0.4 is 11.3 Å². The number of anilines is 1. The number of nitrogens with one attached hydrogen (secondary N) is 1. The maximum atomic E-state index is 11.8. The molecule has 3 N–H and O–H groups in total. The summed E-state index contributed by atoms with van der Waals surface area (Å²) < 4.78 is 0. The average molecular weight is 220 g/mol. The molecule has 0 bridgehead atoms. The molecule has 1 amide bonds. The van der Waals surface area contributed by atoms with Crippen LogP contribution in [-0.4, -0.2) is 34.4 Å². The van der Waals surface area contributed by atoms with Gasteiger partial charge in [-0.3, -0.25) is 9.78 Å². The molecule has 0 aromatic carbocycles. The Morgan fingerprint density at radius 2 is 2.44 bits per heavy atom. The number of hydrogen-bond acceptors (Lipinski definition) is 6. The second-order valence-corrected chi connectivity index (χ2v) is 3.07. The maximum Gasteiger partial charge on any atom is 0.273 e. The van der Waals surface area contributed by atoms with Gasteiger partial charge in [0.1, 0.15) is 5.69 Å². The van der Waals surface area contributed by atoms with E-state index in [0.29, 0.717) is 12.4 Å². The molecule has 0 atom stereocenters. The van der Waals surface area contributed by atoms with Crippen LogP contribution in [-0.2, 0) is 0 Å². The first kappa shape index (κ1) is 11.9. The molecule has 0 radical (unpaired) electrons. The highest BCUT2D eigenvalue weighted by Gasteiger charge is 2.13. The Bertz CT molecular complexity index is 413. The van der Waals surface area contributed by atoms with E-state index in [1.807, 2.05) is 6.07 Å². The standard InChI is InChI=1S/C9H12N6O/c1-15(4-2-3-10)9(16)7-5-12-6-8(13-7)14-11/h5-6H,2,4,11H2,1H3,(H,13,14). The summed E-state index contributed by atoms with van der Waals surface area (Å²) in [6.07, 6.45) is 3.04. The van der Waals surface area contributed by atoms with E-state index in [0.717, 1.165) is 0 Å². The second kappa shape index (κ2) is 5.63. The minimum absolute atomic E-state index is 0.191. The van der Waals surface area contributed by atoms with Gasteiger partial charge in [-0.25, -0.2) is 10.8 Å². The van der Waals surface area contributed by atoms with Gasteiger partial charge in [0, 0.05) is 13.6 Å². The highest BCUT2D eigenvalue weighted by Crippen LogP contribution is 2.03. The monoisotopic (exact) mass is 220 g/mol. The normalized spacial score (nSPS) is 9.31. The van der Waals surface area contributed by atoms with Crippen molar-refractivity contribution in [1.82, 2.24) is 14.9 Å². The number of nitrogen functional groups attached to an aromatic ring is 1. The van der Waals surface area contributed by atoms with E-state index in [1.165, 1.54) is 17.3 Å². The Morgan fingerprint density at radius 3 is 3.06 bits per heavy atom. The van der Waals surface area contributed by atoms with Crippen molar-refractivity contribution in [2.45, 2.75) is 6.42 Å². The summed E-state index contributed by atoms with van der Waals surface area (Å²) in [5.41, 5.74) is 2.50. The fourth-order valence-corrected chi connectivity index (χ4v) is 1.05. The molecule has 0 unspecified atom stereocenters. The lowest BCUT2D eigenvalue weighted by Gasteiger charge is -2.14. The van der Waals surface area contributed by atoms with E-state index in [1.54, 1.807) is 7.05 Å². The fourth-order valence-electron chi connectivity index (χ4n) is 1.05. The minimum atomic E-state index is -0.292. The van der Waals surface area contributed by atoms with E-state index in [-0.39, 0.29) is 18.0 Å². The van der Waals surface area contributed by atoms with Crippen LogP contribution >= 0.6 is 0 Å². The summed E-state index contributed by atoms with van der Waals surface area (Å²) >= 11 is 0. The van der Waals surface area contributed by atoms with Crippen molar-refractivity contribution in [2.75, 3.05) is 19.0 Å². The van der Waals surface area contributed by atoms with Crippen molar-refractivity contribution >= 4 is 11.7 Å². The van der Waals surface area contributed by atoms with Crippen LogP contribution in [0.15, 0.2) is 12.4 Å². The zero-order valence-electron chi connectivity index (χ0n) is 8.84. The molecule has 0 aliphatic heterocycles. The summed E-state index contributed by atoms with van der Waals surface area (Å²) in [5.74, 6) is 5.18. The predicted octanol–water partition coefficient (Wildman–Crippen LogP) is -0.252. The maximum absolute atomic E-state index is 11.8. The fraction of sp³-hybridized carbons (Fsp3) is 0.333. The van der Waals surface area contributed by atoms with Gasteiger partial charge in [-0.1, -0.05) is 0 Å². The number of aromatic nitrogens is 2. The number of nitrogens with zero attached hydrogens (tertiary/aromatic N) is 4. The highest BCUT2D eigenvalue weighted by atomic mass is 16.2. The molecular weight excluding hydrogens is 208 g/mol. The molecule has 7 nitrogen and oxygen atoms in total. The van der Waals surface area contributed by atoms with Crippen molar-refractivity contribution < 1.29 is 4.79 Å². The first-order valence-corrected chi connectivity index (χ1v) is 4.60. The van der Waals surface area contributed by atoms with Gasteiger partial charge in [0.05, 0.1) is 24.9 Å². The smallest absolute Gasteiger partial charge is 0.273 e. The van der Waals surface area contributed by atoms with Crippen LogP contribution in [0.4, 0.5) is 5.82 Å². The molecule has 84 valence electrons. The number of carbonyl (C=O) groups is 1. The third-order valence-electron chi connectivity index (χ3n) is 1.91. The molecule has 0 saturated carbocycles. The molecule has 0 saturated heterocycles. The number of nitrogens with two attached hydrogens (primary N) is 1. The lowest BCUT2D eigenvalue weighted by molar-refractivity contribution is 0.0792. The number of hydrazine groups is 1. The van der Waals surface area contributed by atoms with Gasteiger partial charge in [-0.05, 0) is 0 Å². The van der Waals surface area contributed by atoms with Gasteiger partial charge >= 0.3 is 0 Å². The van der Waals surface area contributed by atoms with Gasteiger partial charge in [0.15, 0.2) is 5.82 Å². The van der Waals surface area contributed by atoms with Crippen LogP contribution in [0.2, 0.25) is 0 Å².